The van der Waals surface area contributed by atoms with Gasteiger partial charge in [-0.2, -0.15) is 0 Å². The molecule has 2 N–H and O–H groups in total. The fraction of sp³-hybridized carbons (Fsp3) is 0.400. The molecule has 0 bridgehead atoms. The van der Waals surface area contributed by atoms with Crippen molar-refractivity contribution in [2.45, 2.75) is 78.6 Å². The van der Waals surface area contributed by atoms with Crippen LogP contribution in [0.15, 0.2) is 54.6 Å². The fourth-order valence-corrected chi connectivity index (χ4v) is 4.30. The molecule has 0 aromatic heterocycles. The highest BCUT2D eigenvalue weighted by molar-refractivity contribution is 5.78. The van der Waals surface area contributed by atoms with Crippen LogP contribution in [0.1, 0.15) is 79.0 Å². The Balaban J connectivity index is 2.38. The van der Waals surface area contributed by atoms with E-state index in [0.717, 1.165) is 28.0 Å². The maximum Gasteiger partial charge on any atom is 0.131 e. The summed E-state index contributed by atoms with van der Waals surface area (Å²) in [6.07, 6.45) is 0. The van der Waals surface area contributed by atoms with Crippen molar-refractivity contribution in [3.8, 4) is 34.1 Å². The van der Waals surface area contributed by atoms with Crippen LogP contribution in [0.3, 0.4) is 0 Å². The zero-order valence-electron chi connectivity index (χ0n) is 21.5. The van der Waals surface area contributed by atoms with Crippen LogP contribution in [-0.2, 0) is 16.2 Å². The summed E-state index contributed by atoms with van der Waals surface area (Å²) in [6.45, 7) is 19.6. The minimum Gasteiger partial charge on any atom is -0.508 e. The third kappa shape index (κ3) is 5.35. The molecule has 0 radical (unpaired) electrons. The second-order valence-electron chi connectivity index (χ2n) is 11.9. The Kier molecular flexibility index (Phi) is 6.32. The Morgan fingerprint density at radius 3 is 1.82 bits per heavy atom. The molecule has 0 aliphatic carbocycles. The molecule has 0 spiro atoms. The van der Waals surface area contributed by atoms with Crippen LogP contribution in [0.2, 0.25) is 0 Å². The second kappa shape index (κ2) is 8.44. The largest absolute Gasteiger partial charge is 0.508 e. The molecule has 3 aromatic rings. The lowest BCUT2D eigenvalue weighted by molar-refractivity contribution is 0.441. The van der Waals surface area contributed by atoms with Crippen LogP contribution in [-0.4, -0.2) is 10.2 Å². The zero-order valence-corrected chi connectivity index (χ0v) is 21.5. The van der Waals surface area contributed by atoms with Crippen LogP contribution >= 0.6 is 0 Å². The van der Waals surface area contributed by atoms with Gasteiger partial charge in [-0.15, -0.1) is 0 Å². The van der Waals surface area contributed by atoms with Crippen molar-refractivity contribution in [2.75, 3.05) is 0 Å². The van der Waals surface area contributed by atoms with Crippen LogP contribution < -0.4 is 4.74 Å². The number of aromatic hydroxyl groups is 2. The van der Waals surface area contributed by atoms with Gasteiger partial charge in [-0.25, -0.2) is 0 Å². The molecule has 0 amide bonds. The van der Waals surface area contributed by atoms with Gasteiger partial charge in [0.1, 0.15) is 23.0 Å². The average molecular weight is 447 g/mol. The van der Waals surface area contributed by atoms with Gasteiger partial charge in [0.15, 0.2) is 0 Å². The molecule has 3 rings (SSSR count). The topological polar surface area (TPSA) is 49.7 Å². The number of phenols is 2. The highest BCUT2D eigenvalue weighted by Gasteiger charge is 2.31. The highest BCUT2D eigenvalue weighted by Crippen LogP contribution is 2.47. The van der Waals surface area contributed by atoms with E-state index in [4.69, 9.17) is 4.74 Å². The van der Waals surface area contributed by atoms with Gasteiger partial charge < -0.3 is 14.9 Å². The van der Waals surface area contributed by atoms with E-state index >= 15 is 0 Å². The molecule has 0 saturated heterocycles. The van der Waals surface area contributed by atoms with E-state index in [-0.39, 0.29) is 22.0 Å². The summed E-state index contributed by atoms with van der Waals surface area (Å²) in [7, 11) is 0. The summed E-state index contributed by atoms with van der Waals surface area (Å²) in [4.78, 5) is 0. The minimum atomic E-state index is -0.220. The van der Waals surface area contributed by atoms with Crippen molar-refractivity contribution >= 4 is 0 Å². The maximum atomic E-state index is 10.6. The first-order valence-corrected chi connectivity index (χ1v) is 11.6. The van der Waals surface area contributed by atoms with Gasteiger partial charge in [0, 0.05) is 11.6 Å². The fourth-order valence-electron chi connectivity index (χ4n) is 4.30. The molecule has 0 heterocycles. The first-order chi connectivity index (χ1) is 15.1. The van der Waals surface area contributed by atoms with E-state index in [1.807, 2.05) is 18.2 Å². The zero-order chi connectivity index (χ0) is 24.8. The number of benzene rings is 3. The van der Waals surface area contributed by atoms with Crippen molar-refractivity contribution in [2.24, 2.45) is 0 Å². The molecule has 0 saturated carbocycles. The van der Waals surface area contributed by atoms with E-state index in [0.29, 0.717) is 11.5 Å². The summed E-state index contributed by atoms with van der Waals surface area (Å²) >= 11 is 0. The van der Waals surface area contributed by atoms with Gasteiger partial charge in [0.05, 0.1) is 0 Å². The summed E-state index contributed by atoms with van der Waals surface area (Å²) < 4.78 is 6.36. The smallest absolute Gasteiger partial charge is 0.131 e. The highest BCUT2D eigenvalue weighted by atomic mass is 16.5. The monoisotopic (exact) mass is 446 g/mol. The summed E-state index contributed by atoms with van der Waals surface area (Å²) in [6, 6.07) is 17.0. The van der Waals surface area contributed by atoms with Crippen LogP contribution in [0, 0.1) is 0 Å². The SMILES string of the molecule is CC(C)(C)c1cc(-c2c(C(C)(C)C)ccc(Oc3cccc(O)c3)c2C(C)(C)C)ccc1O. The lowest BCUT2D eigenvalue weighted by Crippen LogP contribution is -2.20. The number of phenolic OH excluding ortho intramolecular Hbond substituents is 2. The molecule has 3 aromatic carbocycles. The first-order valence-electron chi connectivity index (χ1n) is 11.6. The Bertz CT molecular complexity index is 1150. The molecule has 33 heavy (non-hydrogen) atoms. The standard InChI is InChI=1S/C30H38O3/c1-28(2,3)22-14-16-25(33-21-12-10-11-20(31)18-21)27(30(7,8)9)26(22)19-13-15-24(32)23(17-19)29(4,5)6/h10-18,31-32H,1-9H3. The molecule has 0 fully saturated rings. The van der Waals surface area contributed by atoms with Gasteiger partial charge in [-0.3, -0.25) is 0 Å². The number of rotatable bonds is 3. The first kappa shape index (κ1) is 24.7. The van der Waals surface area contributed by atoms with E-state index in [1.165, 1.54) is 5.56 Å². The molecule has 0 aliphatic rings. The molecule has 176 valence electrons. The third-order valence-corrected chi connectivity index (χ3v) is 5.86. The van der Waals surface area contributed by atoms with Crippen LogP contribution in [0.4, 0.5) is 0 Å². The van der Waals surface area contributed by atoms with Gasteiger partial charge in [0.2, 0.25) is 0 Å². The molecular weight excluding hydrogens is 408 g/mol. The summed E-state index contributed by atoms with van der Waals surface area (Å²) in [5.41, 5.74) is 4.93. The lowest BCUT2D eigenvalue weighted by atomic mass is 9.73. The van der Waals surface area contributed by atoms with E-state index < -0.39 is 0 Å². The van der Waals surface area contributed by atoms with Crippen molar-refractivity contribution < 1.29 is 14.9 Å². The predicted octanol–water partition coefficient (Wildman–Crippen LogP) is 8.45. The quantitative estimate of drug-likeness (QED) is 0.424. The minimum absolute atomic E-state index is 0.0986. The van der Waals surface area contributed by atoms with E-state index in [1.54, 1.807) is 24.3 Å². The Morgan fingerprint density at radius 1 is 0.636 bits per heavy atom. The van der Waals surface area contributed by atoms with Crippen molar-refractivity contribution in [3.63, 3.8) is 0 Å². The summed E-state index contributed by atoms with van der Waals surface area (Å²) in [5.74, 6) is 1.84. The summed E-state index contributed by atoms with van der Waals surface area (Å²) in [5, 5.41) is 20.5. The Labute approximate surface area is 199 Å². The predicted molar refractivity (Wildman–Crippen MR) is 138 cm³/mol. The van der Waals surface area contributed by atoms with Gasteiger partial charge in [-0.1, -0.05) is 80.5 Å². The van der Waals surface area contributed by atoms with E-state index in [9.17, 15) is 10.2 Å². The van der Waals surface area contributed by atoms with Gasteiger partial charge in [0.25, 0.3) is 0 Å². The molecule has 0 aliphatic heterocycles. The average Bonchev–Trinajstić information content (AvgIpc) is 2.65. The normalized spacial score (nSPS) is 12.6. The molecular formula is C30H38O3. The Morgan fingerprint density at radius 2 is 1.27 bits per heavy atom. The maximum absolute atomic E-state index is 10.6. The Hall–Kier alpha value is -2.94. The van der Waals surface area contributed by atoms with Gasteiger partial charge in [-0.05, 0) is 68.8 Å². The lowest BCUT2D eigenvalue weighted by Gasteiger charge is -2.32. The van der Waals surface area contributed by atoms with Crippen molar-refractivity contribution in [1.82, 2.24) is 0 Å². The number of ether oxygens (including phenoxy) is 1. The molecule has 3 heteroatoms. The molecule has 0 unspecified atom stereocenters. The number of hydrogen-bond donors (Lipinski definition) is 2. The van der Waals surface area contributed by atoms with E-state index in [2.05, 4.69) is 74.4 Å². The molecule has 3 nitrogen and oxygen atoms in total. The van der Waals surface area contributed by atoms with Crippen molar-refractivity contribution in [1.29, 1.82) is 0 Å². The molecule has 0 atom stereocenters. The second-order valence-corrected chi connectivity index (χ2v) is 11.9. The van der Waals surface area contributed by atoms with Crippen molar-refractivity contribution in [3.05, 3.63) is 71.3 Å². The van der Waals surface area contributed by atoms with Crippen LogP contribution in [0.25, 0.3) is 11.1 Å². The number of hydrogen-bond acceptors (Lipinski definition) is 3. The van der Waals surface area contributed by atoms with Gasteiger partial charge >= 0.3 is 0 Å². The van der Waals surface area contributed by atoms with Crippen LogP contribution in [0.5, 0.6) is 23.0 Å². The third-order valence-electron chi connectivity index (χ3n) is 5.86.